The zero-order valence-corrected chi connectivity index (χ0v) is 5.65. The van der Waals surface area contributed by atoms with E-state index in [-0.39, 0.29) is 0 Å². The maximum Gasteiger partial charge on any atom is 0.216 e. The number of hydrogen-bond donors (Lipinski definition) is 2. The highest BCUT2D eigenvalue weighted by Gasteiger charge is 1.97. The lowest BCUT2D eigenvalue weighted by Gasteiger charge is -1.98. The molecule has 0 aromatic carbocycles. The molecule has 0 rings (SSSR count). The number of rotatable bonds is 1. The first-order chi connectivity index (χ1) is 2.56. The Balaban J connectivity index is 3.48. The summed E-state index contributed by atoms with van der Waals surface area (Å²) in [5.74, 6) is -2.59. The molecule has 1 unspecified atom stereocenters. The quantitative estimate of drug-likeness (QED) is 0.532. The van der Waals surface area contributed by atoms with Gasteiger partial charge in [0.1, 0.15) is 0 Å². The summed E-state index contributed by atoms with van der Waals surface area (Å²) < 4.78 is 0. The van der Waals surface area contributed by atoms with Gasteiger partial charge >= 0.3 is 0 Å². The molecule has 6 heavy (non-hydrogen) atoms. The van der Waals surface area contributed by atoms with Crippen molar-refractivity contribution in [2.75, 3.05) is 7.05 Å². The molecule has 0 aromatic heterocycles. The van der Waals surface area contributed by atoms with E-state index in [0.717, 1.165) is 0 Å². The minimum atomic E-state index is -2.59. The fourth-order valence-corrected chi connectivity index (χ4v) is 0. The lowest BCUT2D eigenvalue weighted by molar-refractivity contribution is 0.628. The Labute approximate surface area is 46.4 Å². The zero-order chi connectivity index (χ0) is 5.21. The Hall–Kier alpha value is 0.860. The molecule has 0 aliphatic carbocycles. The van der Waals surface area contributed by atoms with Gasteiger partial charge < -0.3 is 4.89 Å². The van der Waals surface area contributed by atoms with Crippen molar-refractivity contribution in [2.24, 2.45) is 0 Å². The molecule has 2 N–H and O–H groups in total. The van der Waals surface area contributed by atoms with Crippen LogP contribution in [0.4, 0.5) is 0 Å². The van der Waals surface area contributed by atoms with Crippen LogP contribution in [-0.2, 0) is 11.8 Å². The van der Waals surface area contributed by atoms with Gasteiger partial charge in [-0.1, -0.05) is 0 Å². The van der Waals surface area contributed by atoms with Gasteiger partial charge in [0.25, 0.3) is 0 Å². The van der Waals surface area contributed by atoms with E-state index in [0.29, 0.717) is 0 Å². The van der Waals surface area contributed by atoms with Crippen LogP contribution in [0.2, 0.25) is 0 Å². The number of halogens is 1. The van der Waals surface area contributed by atoms with Gasteiger partial charge in [-0.15, -0.1) is 0 Å². The van der Waals surface area contributed by atoms with E-state index < -0.39 is 5.77 Å². The second-order valence-electron chi connectivity index (χ2n) is 0.726. The molecule has 0 heterocycles. The van der Waals surface area contributed by atoms with Crippen LogP contribution in [0.5, 0.6) is 0 Å². The Morgan fingerprint density at radius 3 is 2.17 bits per heavy atom. The third-order valence-electron chi connectivity index (χ3n) is 0.276. The van der Waals surface area contributed by atoms with E-state index in [1.807, 2.05) is 0 Å². The van der Waals surface area contributed by atoms with Crippen molar-refractivity contribution in [3.8, 4) is 0 Å². The average molecular weight is 146 g/mol. The standard InChI is InChI=1S/CH5ClNOPS/c1-3-5(2,4)6/h1H3,(H2,3,4,6). The second-order valence-corrected chi connectivity index (χ2v) is 5.83. The SMILES string of the molecule is CNP(O)(=S)Cl. The lowest BCUT2D eigenvalue weighted by atomic mass is 11.6. The predicted octanol–water partition coefficient (Wildman–Crippen LogP) is 0.661. The first-order valence-electron chi connectivity index (χ1n) is 1.28. The van der Waals surface area contributed by atoms with Crippen LogP contribution in [0.25, 0.3) is 0 Å². The van der Waals surface area contributed by atoms with E-state index >= 15 is 0 Å². The van der Waals surface area contributed by atoms with Gasteiger partial charge in [-0.3, -0.25) is 5.09 Å². The molecule has 0 amide bonds. The van der Waals surface area contributed by atoms with Crippen LogP contribution in [-0.4, -0.2) is 11.9 Å². The summed E-state index contributed by atoms with van der Waals surface area (Å²) in [5.41, 5.74) is 0. The summed E-state index contributed by atoms with van der Waals surface area (Å²) in [7, 11) is 1.52. The maximum absolute atomic E-state index is 8.41. The van der Waals surface area contributed by atoms with Crippen molar-refractivity contribution in [1.82, 2.24) is 5.09 Å². The number of hydrogen-bond acceptors (Lipinski definition) is 1. The normalized spacial score (nSPS) is 19.8. The molecule has 0 aromatic rings. The molecule has 5 heteroatoms. The Bertz CT molecular complexity index is 79.6. The van der Waals surface area contributed by atoms with Crippen molar-refractivity contribution >= 4 is 28.8 Å². The van der Waals surface area contributed by atoms with Crippen LogP contribution in [0, 0.1) is 0 Å². The van der Waals surface area contributed by atoms with Gasteiger partial charge in [0, 0.05) is 0 Å². The van der Waals surface area contributed by atoms with Crippen molar-refractivity contribution in [3.63, 3.8) is 0 Å². The first kappa shape index (κ1) is 6.86. The van der Waals surface area contributed by atoms with Crippen molar-refractivity contribution < 1.29 is 4.89 Å². The van der Waals surface area contributed by atoms with Gasteiger partial charge in [0.05, 0.1) is 0 Å². The Morgan fingerprint density at radius 1 is 2.00 bits per heavy atom. The van der Waals surface area contributed by atoms with Gasteiger partial charge in [-0.05, 0) is 30.1 Å². The zero-order valence-electron chi connectivity index (χ0n) is 3.18. The van der Waals surface area contributed by atoms with Gasteiger partial charge in [-0.2, -0.15) is 0 Å². The molecule has 0 bridgehead atoms. The van der Waals surface area contributed by atoms with Crippen molar-refractivity contribution in [3.05, 3.63) is 0 Å². The minimum absolute atomic E-state index is 1.52. The molecule has 0 saturated heterocycles. The molecular formula is CH5ClNOPS. The van der Waals surface area contributed by atoms with Crippen LogP contribution >= 0.6 is 17.0 Å². The van der Waals surface area contributed by atoms with Crippen molar-refractivity contribution in [1.29, 1.82) is 0 Å². The maximum atomic E-state index is 8.41. The Kier molecular flexibility index (Phi) is 2.56. The van der Waals surface area contributed by atoms with Crippen LogP contribution in [0.3, 0.4) is 0 Å². The Morgan fingerprint density at radius 2 is 2.17 bits per heavy atom. The third-order valence-corrected chi connectivity index (χ3v) is 1.88. The molecule has 0 saturated carbocycles. The van der Waals surface area contributed by atoms with E-state index in [1.54, 1.807) is 0 Å². The molecule has 0 aliphatic heterocycles. The lowest BCUT2D eigenvalue weighted by Crippen LogP contribution is -1.93. The molecule has 2 nitrogen and oxygen atoms in total. The van der Waals surface area contributed by atoms with E-state index in [9.17, 15) is 0 Å². The fraction of sp³-hybridized carbons (Fsp3) is 1.00. The molecule has 38 valence electrons. The van der Waals surface area contributed by atoms with Gasteiger partial charge in [0.2, 0.25) is 5.77 Å². The van der Waals surface area contributed by atoms with Crippen LogP contribution in [0.1, 0.15) is 0 Å². The predicted molar refractivity (Wildman–Crippen MR) is 31.4 cm³/mol. The smallest absolute Gasteiger partial charge is 0.216 e. The fourth-order valence-electron chi connectivity index (χ4n) is 0. The van der Waals surface area contributed by atoms with Crippen LogP contribution in [0.15, 0.2) is 0 Å². The van der Waals surface area contributed by atoms with E-state index in [4.69, 9.17) is 16.1 Å². The summed E-state index contributed by atoms with van der Waals surface area (Å²) in [4.78, 5) is 8.41. The van der Waals surface area contributed by atoms with Crippen LogP contribution < -0.4 is 5.09 Å². The van der Waals surface area contributed by atoms with Crippen molar-refractivity contribution in [2.45, 2.75) is 0 Å². The van der Waals surface area contributed by atoms with E-state index in [2.05, 4.69) is 16.9 Å². The monoisotopic (exact) mass is 145 g/mol. The first-order valence-corrected chi connectivity index (χ1v) is 4.94. The van der Waals surface area contributed by atoms with E-state index in [1.165, 1.54) is 7.05 Å². The molecule has 0 aliphatic rings. The number of nitrogens with one attached hydrogen (secondary N) is 1. The topological polar surface area (TPSA) is 32.3 Å². The minimum Gasteiger partial charge on any atom is -0.343 e. The highest BCUT2D eigenvalue weighted by Crippen LogP contribution is 2.40. The second kappa shape index (κ2) is 2.24. The highest BCUT2D eigenvalue weighted by molar-refractivity contribution is 8.23. The molecule has 1 atom stereocenters. The highest BCUT2D eigenvalue weighted by atomic mass is 35.7. The molecule has 0 fully saturated rings. The summed E-state index contributed by atoms with van der Waals surface area (Å²) in [6, 6.07) is 0. The molecule has 0 radical (unpaired) electrons. The molecular weight excluding hydrogens is 141 g/mol. The van der Waals surface area contributed by atoms with Gasteiger partial charge in [0.15, 0.2) is 0 Å². The average Bonchev–Trinajstić information content (AvgIpc) is 1.35. The summed E-state index contributed by atoms with van der Waals surface area (Å²) in [6.07, 6.45) is 0. The molecule has 0 spiro atoms. The summed E-state index contributed by atoms with van der Waals surface area (Å²) in [5, 5.41) is 2.35. The van der Waals surface area contributed by atoms with Gasteiger partial charge in [-0.25, -0.2) is 0 Å². The summed E-state index contributed by atoms with van der Waals surface area (Å²) in [6.45, 7) is 0. The summed E-state index contributed by atoms with van der Waals surface area (Å²) >= 11 is 9.40. The third kappa shape index (κ3) is 4.86. The largest absolute Gasteiger partial charge is 0.343 e.